The van der Waals surface area contributed by atoms with E-state index in [1.807, 2.05) is 0 Å². The molecule has 0 heterocycles. The van der Waals surface area contributed by atoms with Crippen LogP contribution >= 0.6 is 0 Å². The van der Waals surface area contributed by atoms with Crippen LogP contribution in [0.4, 0.5) is 11.4 Å². The minimum atomic E-state index is -1.07. The zero-order chi connectivity index (χ0) is 28.3. The maximum absolute atomic E-state index is 13.2. The number of carbonyl (C=O) groups excluding carboxylic acids is 3. The van der Waals surface area contributed by atoms with Gasteiger partial charge in [0.2, 0.25) is 5.91 Å². The average molecular weight is 526 g/mol. The van der Waals surface area contributed by atoms with Gasteiger partial charge in [-0.3, -0.25) is 24.5 Å². The van der Waals surface area contributed by atoms with E-state index in [0.29, 0.717) is 24.1 Å². The number of ether oxygens (including phenoxy) is 1. The summed E-state index contributed by atoms with van der Waals surface area (Å²) in [5.74, 6) is -3.27. The van der Waals surface area contributed by atoms with E-state index in [9.17, 15) is 34.4 Å². The second-order valence-corrected chi connectivity index (χ2v) is 10.2. The molecule has 11 heteroatoms. The number of rotatable bonds is 9. The Labute approximate surface area is 219 Å². The molecule has 1 saturated carbocycles. The number of hydrogen-bond acceptors (Lipinski definition) is 7. The molecule has 0 aliphatic heterocycles. The molecular weight excluding hydrogens is 494 g/mol. The number of esters is 1. The van der Waals surface area contributed by atoms with E-state index in [1.54, 1.807) is 45.0 Å². The largest absolute Gasteiger partial charge is 0.481 e. The van der Waals surface area contributed by atoms with Crippen molar-refractivity contribution in [3.05, 3.63) is 69.8 Å². The first-order valence-corrected chi connectivity index (χ1v) is 12.1. The molecule has 1 aliphatic carbocycles. The van der Waals surface area contributed by atoms with E-state index in [1.165, 1.54) is 31.4 Å². The van der Waals surface area contributed by atoms with Gasteiger partial charge in [0.1, 0.15) is 11.6 Å². The summed E-state index contributed by atoms with van der Waals surface area (Å²) in [6, 6.07) is 11.1. The summed E-state index contributed by atoms with van der Waals surface area (Å²) in [6.07, 6.45) is 0.819. The minimum Gasteiger partial charge on any atom is -0.481 e. The third kappa shape index (κ3) is 5.51. The fraction of sp³-hybridized carbons (Fsp3) is 0.407. The number of nitrogens with zero attached hydrogens (tertiary/aromatic N) is 1. The van der Waals surface area contributed by atoms with E-state index >= 15 is 0 Å². The van der Waals surface area contributed by atoms with E-state index in [4.69, 9.17) is 4.74 Å². The lowest BCUT2D eigenvalue weighted by Crippen LogP contribution is -2.50. The van der Waals surface area contributed by atoms with Crippen molar-refractivity contribution in [3.8, 4) is 0 Å². The van der Waals surface area contributed by atoms with Crippen LogP contribution in [0.3, 0.4) is 0 Å². The molecule has 0 unspecified atom stereocenters. The number of hydrogen-bond donors (Lipinski definition) is 3. The molecule has 0 bridgehead atoms. The van der Waals surface area contributed by atoms with Crippen molar-refractivity contribution in [1.29, 1.82) is 0 Å². The Kier molecular flexibility index (Phi) is 8.19. The highest BCUT2D eigenvalue weighted by molar-refractivity contribution is 6.07. The normalized spacial score (nSPS) is 20.7. The molecule has 3 N–H and O–H groups in total. The van der Waals surface area contributed by atoms with Gasteiger partial charge in [-0.15, -0.1) is 0 Å². The molecule has 0 radical (unpaired) electrons. The van der Waals surface area contributed by atoms with Crippen LogP contribution in [-0.4, -0.2) is 46.9 Å². The van der Waals surface area contributed by atoms with Gasteiger partial charge in [0.15, 0.2) is 0 Å². The SMILES string of the molecule is COC(=O)[C@H](Cc1ccc(NC(=O)c2ccccc2[N+](=O)[O-])cc1)NC(=O)[C@H]1CC[C@@](C)(C(=O)O)C1(C)C. The predicted molar refractivity (Wildman–Crippen MR) is 137 cm³/mol. The Hall–Kier alpha value is -4.28. The number of nitro benzene ring substituents is 1. The van der Waals surface area contributed by atoms with Crippen molar-refractivity contribution >= 4 is 35.1 Å². The molecule has 202 valence electrons. The molecule has 0 aromatic heterocycles. The maximum Gasteiger partial charge on any atom is 0.328 e. The Morgan fingerprint density at radius 1 is 1.11 bits per heavy atom. The van der Waals surface area contributed by atoms with Gasteiger partial charge in [-0.05, 0) is 48.9 Å². The van der Waals surface area contributed by atoms with Crippen molar-refractivity contribution in [2.45, 2.75) is 46.1 Å². The van der Waals surface area contributed by atoms with Crippen molar-refractivity contribution in [2.75, 3.05) is 12.4 Å². The molecule has 1 fully saturated rings. The lowest BCUT2D eigenvalue weighted by molar-refractivity contribution is -0.385. The second kappa shape index (κ2) is 11.0. The predicted octanol–water partition coefficient (Wildman–Crippen LogP) is 3.57. The number of nitro groups is 1. The maximum atomic E-state index is 13.2. The Balaban J connectivity index is 1.71. The number of amides is 2. The fourth-order valence-electron chi connectivity index (χ4n) is 4.93. The van der Waals surface area contributed by atoms with Crippen LogP contribution in [0.15, 0.2) is 48.5 Å². The fourth-order valence-corrected chi connectivity index (χ4v) is 4.93. The van der Waals surface area contributed by atoms with Gasteiger partial charge in [-0.2, -0.15) is 0 Å². The Bertz CT molecular complexity index is 1260. The van der Waals surface area contributed by atoms with Crippen molar-refractivity contribution in [2.24, 2.45) is 16.7 Å². The standard InChI is InChI=1S/C27H31N3O8/c1-26(2)19(13-14-27(26,3)25(34)35)23(32)29-20(24(33)38-4)15-16-9-11-17(12-10-16)28-22(31)18-7-5-6-8-21(18)30(36)37/h5-12,19-20H,13-15H2,1-4H3,(H,28,31)(H,29,32)(H,34,35)/t19-,20+,27+/m1/s1. The van der Waals surface area contributed by atoms with Crippen LogP contribution in [0.1, 0.15) is 49.5 Å². The van der Waals surface area contributed by atoms with Gasteiger partial charge >= 0.3 is 11.9 Å². The number of anilines is 1. The zero-order valence-corrected chi connectivity index (χ0v) is 21.6. The summed E-state index contributed by atoms with van der Waals surface area (Å²) < 4.78 is 4.88. The molecule has 0 spiro atoms. The highest BCUT2D eigenvalue weighted by Gasteiger charge is 2.58. The third-order valence-electron chi connectivity index (χ3n) is 7.81. The summed E-state index contributed by atoms with van der Waals surface area (Å²) >= 11 is 0. The van der Waals surface area contributed by atoms with Crippen LogP contribution in [0.2, 0.25) is 0 Å². The second-order valence-electron chi connectivity index (χ2n) is 10.2. The lowest BCUT2D eigenvalue weighted by atomic mass is 9.65. The monoisotopic (exact) mass is 525 g/mol. The van der Waals surface area contributed by atoms with Crippen molar-refractivity contribution in [3.63, 3.8) is 0 Å². The number of aliphatic carboxylic acids is 1. The molecule has 11 nitrogen and oxygen atoms in total. The van der Waals surface area contributed by atoms with Crippen LogP contribution in [0.25, 0.3) is 0 Å². The van der Waals surface area contributed by atoms with Gasteiger partial charge in [0, 0.05) is 24.1 Å². The quantitative estimate of drug-likeness (QED) is 0.254. The summed E-state index contributed by atoms with van der Waals surface area (Å²) in [5.41, 5.74) is -1.26. The molecule has 3 atom stereocenters. The molecule has 38 heavy (non-hydrogen) atoms. The number of carboxylic acids is 1. The number of carboxylic acid groups (broad SMARTS) is 1. The highest BCUT2D eigenvalue weighted by Crippen LogP contribution is 2.56. The first-order chi connectivity index (χ1) is 17.8. The lowest BCUT2D eigenvalue weighted by Gasteiger charge is -2.38. The summed E-state index contributed by atoms with van der Waals surface area (Å²) in [5, 5.41) is 26.3. The van der Waals surface area contributed by atoms with Crippen molar-refractivity contribution < 1.29 is 33.9 Å². The Morgan fingerprint density at radius 3 is 2.29 bits per heavy atom. The van der Waals surface area contributed by atoms with Crippen LogP contribution in [0.5, 0.6) is 0 Å². The first kappa shape index (κ1) is 28.3. The molecule has 0 saturated heterocycles. The molecule has 2 amide bonds. The number of methoxy groups -OCH3 is 1. The highest BCUT2D eigenvalue weighted by atomic mass is 16.6. The minimum absolute atomic E-state index is 0.0797. The van der Waals surface area contributed by atoms with Gasteiger partial charge in [0.25, 0.3) is 11.6 Å². The topological polar surface area (TPSA) is 165 Å². The summed E-state index contributed by atoms with van der Waals surface area (Å²) in [7, 11) is 1.21. The number of nitrogens with one attached hydrogen (secondary N) is 2. The van der Waals surface area contributed by atoms with Gasteiger partial charge in [-0.1, -0.05) is 38.1 Å². The van der Waals surface area contributed by atoms with Crippen LogP contribution in [0, 0.1) is 26.9 Å². The number of carbonyl (C=O) groups is 4. The van der Waals surface area contributed by atoms with Gasteiger partial charge < -0.3 is 20.5 Å². The van der Waals surface area contributed by atoms with Gasteiger partial charge in [-0.25, -0.2) is 4.79 Å². The molecule has 3 rings (SSSR count). The molecule has 1 aliphatic rings. The van der Waals surface area contributed by atoms with Crippen molar-refractivity contribution in [1.82, 2.24) is 5.32 Å². The molecule has 2 aromatic carbocycles. The van der Waals surface area contributed by atoms with E-state index in [-0.39, 0.29) is 17.7 Å². The van der Waals surface area contributed by atoms with E-state index < -0.39 is 51.5 Å². The first-order valence-electron chi connectivity index (χ1n) is 12.1. The third-order valence-corrected chi connectivity index (χ3v) is 7.81. The van der Waals surface area contributed by atoms with Gasteiger partial charge in [0.05, 0.1) is 17.4 Å². The number of benzene rings is 2. The van der Waals surface area contributed by atoms with E-state index in [2.05, 4.69) is 10.6 Å². The molecular formula is C27H31N3O8. The van der Waals surface area contributed by atoms with E-state index in [0.717, 1.165) is 0 Å². The zero-order valence-electron chi connectivity index (χ0n) is 21.6. The van der Waals surface area contributed by atoms with Crippen LogP contribution in [-0.2, 0) is 25.5 Å². The van der Waals surface area contributed by atoms with Crippen LogP contribution < -0.4 is 10.6 Å². The average Bonchev–Trinajstić information content (AvgIpc) is 3.13. The smallest absolute Gasteiger partial charge is 0.328 e. The number of para-hydroxylation sites is 1. The summed E-state index contributed by atoms with van der Waals surface area (Å²) in [6.45, 7) is 5.14. The Morgan fingerprint density at radius 2 is 1.74 bits per heavy atom. The summed E-state index contributed by atoms with van der Waals surface area (Å²) in [4.78, 5) is 60.7. The molecule has 2 aromatic rings.